The molecule has 0 aliphatic heterocycles. The first-order valence-corrected chi connectivity index (χ1v) is 6.46. The lowest BCUT2D eigenvalue weighted by molar-refractivity contribution is 0.0526. The molecule has 0 bridgehead atoms. The molecule has 0 unspecified atom stereocenters. The highest BCUT2D eigenvalue weighted by Crippen LogP contribution is 2.10. The Labute approximate surface area is 117 Å². The van der Waals surface area contributed by atoms with Crippen LogP contribution in [0.1, 0.15) is 28.5 Å². The number of anilines is 1. The normalized spacial score (nSPS) is 10.3. The summed E-state index contributed by atoms with van der Waals surface area (Å²) in [5.74, 6) is 0.357. The van der Waals surface area contributed by atoms with Crippen molar-refractivity contribution in [3.8, 4) is 0 Å². The molecule has 0 atom stereocenters. The van der Waals surface area contributed by atoms with E-state index in [0.29, 0.717) is 24.5 Å². The van der Waals surface area contributed by atoms with Crippen molar-refractivity contribution in [3.05, 3.63) is 41.3 Å². The second kappa shape index (κ2) is 6.18. The smallest absolute Gasteiger partial charge is 0.339 e. The van der Waals surface area contributed by atoms with Gasteiger partial charge in [-0.3, -0.25) is 4.68 Å². The fraction of sp³-hybridized carbons (Fsp3) is 0.357. The third-order valence-corrected chi connectivity index (χ3v) is 2.85. The third-order valence-electron chi connectivity index (χ3n) is 2.85. The lowest BCUT2D eigenvalue weighted by Gasteiger charge is -2.06. The minimum absolute atomic E-state index is 0.352. The average Bonchev–Trinajstić information content (AvgIpc) is 2.75. The maximum Gasteiger partial charge on any atom is 0.339 e. The number of nitrogens with zero attached hydrogens (tertiary/aromatic N) is 3. The summed E-state index contributed by atoms with van der Waals surface area (Å²) in [5, 5.41) is 7.47. The summed E-state index contributed by atoms with van der Waals surface area (Å²) in [6.45, 7) is 4.75. The number of carbonyl (C=O) groups excluding carboxylic acids is 1. The van der Waals surface area contributed by atoms with Crippen LogP contribution in [0.4, 0.5) is 5.82 Å². The summed E-state index contributed by atoms with van der Waals surface area (Å²) in [6.07, 6.45) is 3.48. The van der Waals surface area contributed by atoms with Crippen molar-refractivity contribution < 1.29 is 9.53 Å². The second-order valence-electron chi connectivity index (χ2n) is 4.42. The average molecular weight is 274 g/mol. The van der Waals surface area contributed by atoms with Crippen LogP contribution in [0.25, 0.3) is 0 Å². The molecule has 0 saturated carbocycles. The molecule has 0 radical (unpaired) electrons. The van der Waals surface area contributed by atoms with Gasteiger partial charge in [-0.2, -0.15) is 5.10 Å². The molecule has 0 aliphatic rings. The van der Waals surface area contributed by atoms with E-state index in [1.54, 1.807) is 23.7 Å². The topological polar surface area (TPSA) is 69.0 Å². The Bertz CT molecular complexity index is 590. The van der Waals surface area contributed by atoms with Crippen molar-refractivity contribution in [1.29, 1.82) is 0 Å². The molecule has 0 aliphatic carbocycles. The number of hydrogen-bond donors (Lipinski definition) is 1. The van der Waals surface area contributed by atoms with E-state index in [9.17, 15) is 4.79 Å². The van der Waals surface area contributed by atoms with Gasteiger partial charge in [0.1, 0.15) is 5.82 Å². The molecule has 0 fully saturated rings. The summed E-state index contributed by atoms with van der Waals surface area (Å²) >= 11 is 0. The third kappa shape index (κ3) is 3.34. The number of rotatable bonds is 5. The van der Waals surface area contributed by atoms with Gasteiger partial charge in [0, 0.05) is 31.5 Å². The molecule has 0 spiro atoms. The first-order valence-electron chi connectivity index (χ1n) is 6.46. The summed E-state index contributed by atoms with van der Waals surface area (Å²) in [6, 6.07) is 3.46. The van der Waals surface area contributed by atoms with Gasteiger partial charge in [0.15, 0.2) is 0 Å². The number of pyridine rings is 1. The van der Waals surface area contributed by atoms with E-state index in [0.717, 1.165) is 11.3 Å². The number of hydrogen-bond acceptors (Lipinski definition) is 5. The van der Waals surface area contributed by atoms with Crippen molar-refractivity contribution >= 4 is 11.8 Å². The summed E-state index contributed by atoms with van der Waals surface area (Å²) in [7, 11) is 1.89. The number of nitrogens with one attached hydrogen (secondary N) is 1. The zero-order valence-electron chi connectivity index (χ0n) is 11.9. The Hall–Kier alpha value is -2.37. The van der Waals surface area contributed by atoms with E-state index in [4.69, 9.17) is 4.74 Å². The second-order valence-corrected chi connectivity index (χ2v) is 4.42. The van der Waals surface area contributed by atoms with E-state index in [2.05, 4.69) is 15.4 Å². The van der Waals surface area contributed by atoms with Gasteiger partial charge in [0.25, 0.3) is 0 Å². The van der Waals surface area contributed by atoms with E-state index >= 15 is 0 Å². The van der Waals surface area contributed by atoms with Gasteiger partial charge in [-0.05, 0) is 26.0 Å². The van der Waals surface area contributed by atoms with Crippen molar-refractivity contribution in [3.63, 3.8) is 0 Å². The van der Waals surface area contributed by atoms with Crippen molar-refractivity contribution in [1.82, 2.24) is 14.8 Å². The van der Waals surface area contributed by atoms with E-state index in [1.807, 2.05) is 20.2 Å². The van der Waals surface area contributed by atoms with Gasteiger partial charge in [-0.1, -0.05) is 0 Å². The van der Waals surface area contributed by atoms with Gasteiger partial charge in [0.05, 0.1) is 17.9 Å². The van der Waals surface area contributed by atoms with Crippen LogP contribution in [-0.2, 0) is 18.3 Å². The highest BCUT2D eigenvalue weighted by molar-refractivity contribution is 5.89. The Balaban J connectivity index is 1.97. The van der Waals surface area contributed by atoms with Gasteiger partial charge >= 0.3 is 5.97 Å². The Morgan fingerprint density at radius 3 is 2.80 bits per heavy atom. The molecule has 2 rings (SSSR count). The number of esters is 1. The van der Waals surface area contributed by atoms with Crippen LogP contribution in [-0.4, -0.2) is 27.3 Å². The maximum atomic E-state index is 11.5. The maximum absolute atomic E-state index is 11.5. The minimum Gasteiger partial charge on any atom is -0.462 e. The quantitative estimate of drug-likeness (QED) is 0.843. The SMILES string of the molecule is CCOC(=O)c1ccc(NCc2cn(C)nc2C)nc1. The van der Waals surface area contributed by atoms with Crippen molar-refractivity contribution in [2.45, 2.75) is 20.4 Å². The zero-order valence-corrected chi connectivity index (χ0v) is 11.9. The molecule has 1 N–H and O–H groups in total. The van der Waals surface area contributed by atoms with E-state index in [-0.39, 0.29) is 5.97 Å². The van der Waals surface area contributed by atoms with Gasteiger partial charge < -0.3 is 10.1 Å². The minimum atomic E-state index is -0.352. The summed E-state index contributed by atoms with van der Waals surface area (Å²) in [4.78, 5) is 15.7. The van der Waals surface area contributed by atoms with E-state index in [1.165, 1.54) is 6.20 Å². The lowest BCUT2D eigenvalue weighted by Crippen LogP contribution is -2.06. The van der Waals surface area contributed by atoms with Crippen molar-refractivity contribution in [2.24, 2.45) is 7.05 Å². The Morgan fingerprint density at radius 2 is 2.25 bits per heavy atom. The molecule has 6 nitrogen and oxygen atoms in total. The van der Waals surface area contributed by atoms with Crippen LogP contribution in [0.2, 0.25) is 0 Å². The fourth-order valence-electron chi connectivity index (χ4n) is 1.84. The molecule has 2 aromatic heterocycles. The van der Waals surface area contributed by atoms with Gasteiger partial charge in [-0.15, -0.1) is 0 Å². The monoisotopic (exact) mass is 274 g/mol. The predicted octanol–water partition coefficient (Wildman–Crippen LogP) is 1.91. The standard InChI is InChI=1S/C14H18N4O2/c1-4-20-14(19)11-5-6-13(15-7-11)16-8-12-9-18(3)17-10(12)2/h5-7,9H,4,8H2,1-3H3,(H,15,16). The molecule has 2 aromatic rings. The van der Waals surface area contributed by atoms with Crippen LogP contribution in [0.3, 0.4) is 0 Å². The predicted molar refractivity (Wildman–Crippen MR) is 75.5 cm³/mol. The van der Waals surface area contributed by atoms with Gasteiger partial charge in [0.2, 0.25) is 0 Å². The fourth-order valence-corrected chi connectivity index (χ4v) is 1.84. The molecule has 0 aromatic carbocycles. The molecule has 6 heteroatoms. The van der Waals surface area contributed by atoms with E-state index < -0.39 is 0 Å². The van der Waals surface area contributed by atoms with Crippen LogP contribution in [0.15, 0.2) is 24.5 Å². The van der Waals surface area contributed by atoms with Gasteiger partial charge in [-0.25, -0.2) is 9.78 Å². The Kier molecular flexibility index (Phi) is 4.34. The zero-order chi connectivity index (χ0) is 14.5. The lowest BCUT2D eigenvalue weighted by atomic mass is 10.2. The van der Waals surface area contributed by atoms with Crippen LogP contribution >= 0.6 is 0 Å². The molecule has 106 valence electrons. The largest absolute Gasteiger partial charge is 0.462 e. The molecule has 2 heterocycles. The molecule has 0 amide bonds. The molecular weight excluding hydrogens is 256 g/mol. The number of aromatic nitrogens is 3. The summed E-state index contributed by atoms with van der Waals surface area (Å²) in [5.41, 5.74) is 2.56. The number of ether oxygens (including phenoxy) is 1. The first kappa shape index (κ1) is 14.0. The highest BCUT2D eigenvalue weighted by Gasteiger charge is 2.07. The summed E-state index contributed by atoms with van der Waals surface area (Å²) < 4.78 is 6.69. The highest BCUT2D eigenvalue weighted by atomic mass is 16.5. The van der Waals surface area contributed by atoms with Crippen LogP contribution in [0, 0.1) is 6.92 Å². The Morgan fingerprint density at radius 1 is 1.45 bits per heavy atom. The molecule has 0 saturated heterocycles. The molecule has 20 heavy (non-hydrogen) atoms. The van der Waals surface area contributed by atoms with Crippen molar-refractivity contribution in [2.75, 3.05) is 11.9 Å². The van der Waals surface area contributed by atoms with Crippen LogP contribution < -0.4 is 5.32 Å². The first-order chi connectivity index (χ1) is 9.60. The van der Waals surface area contributed by atoms with Crippen LogP contribution in [0.5, 0.6) is 0 Å². The number of aryl methyl sites for hydroxylation is 2. The number of carbonyl (C=O) groups is 1. The molecular formula is C14H18N4O2.